The summed E-state index contributed by atoms with van der Waals surface area (Å²) in [6.07, 6.45) is 3.20. The molecule has 0 atom stereocenters. The number of hydrogen-bond acceptors (Lipinski definition) is 3. The van der Waals surface area contributed by atoms with E-state index < -0.39 is 5.97 Å². The monoisotopic (exact) mass is 283 g/mol. The predicted octanol–water partition coefficient (Wildman–Crippen LogP) is 3.48. The van der Waals surface area contributed by atoms with Gasteiger partial charge in [0.15, 0.2) is 5.78 Å². The molecule has 0 aliphatic rings. The Hall–Kier alpha value is -2.82. The summed E-state index contributed by atoms with van der Waals surface area (Å²) in [7, 11) is 0. The number of carboxylic acids is 1. The minimum atomic E-state index is -0.976. The van der Waals surface area contributed by atoms with Crippen molar-refractivity contribution in [2.75, 3.05) is 0 Å². The number of carbonyl (C=O) groups is 2. The molecule has 0 aliphatic carbocycles. The Morgan fingerprint density at radius 3 is 2.81 bits per heavy atom. The van der Waals surface area contributed by atoms with Gasteiger partial charge in [0, 0.05) is 29.1 Å². The molecule has 5 nitrogen and oxygen atoms in total. The van der Waals surface area contributed by atoms with Crippen LogP contribution >= 0.6 is 0 Å². The van der Waals surface area contributed by atoms with E-state index in [9.17, 15) is 9.59 Å². The van der Waals surface area contributed by atoms with Gasteiger partial charge in [-0.3, -0.25) is 9.59 Å². The highest BCUT2D eigenvalue weighted by Crippen LogP contribution is 2.30. The van der Waals surface area contributed by atoms with Crippen molar-refractivity contribution in [2.45, 2.75) is 12.8 Å². The number of carboxylic acid groups (broad SMARTS) is 1. The molecular weight excluding hydrogens is 270 g/mol. The SMILES string of the molecule is O=C(O)CCC(=O)c1cc(-c2coc3ccccc23)c[nH]1. The lowest BCUT2D eigenvalue weighted by atomic mass is 10.1. The standard InChI is InChI=1S/C16H13NO4/c18-14(5-6-16(19)20)13-7-10(8-17-13)12-9-21-15-4-2-1-3-11(12)15/h1-4,7-9,17H,5-6H2,(H,19,20). The number of benzene rings is 1. The highest BCUT2D eigenvalue weighted by atomic mass is 16.4. The number of Topliss-reactive ketones (excluding diaryl/α,β-unsaturated/α-hetero) is 1. The molecule has 3 rings (SSSR count). The first kappa shape index (κ1) is 13.2. The van der Waals surface area contributed by atoms with Gasteiger partial charge in [-0.1, -0.05) is 18.2 Å². The summed E-state index contributed by atoms with van der Waals surface area (Å²) in [6, 6.07) is 9.37. The van der Waals surface area contributed by atoms with E-state index in [0.29, 0.717) is 5.69 Å². The highest BCUT2D eigenvalue weighted by molar-refractivity contribution is 5.99. The molecular formula is C16H13NO4. The molecule has 21 heavy (non-hydrogen) atoms. The summed E-state index contributed by atoms with van der Waals surface area (Å²) < 4.78 is 5.48. The van der Waals surface area contributed by atoms with E-state index in [0.717, 1.165) is 22.1 Å². The molecule has 2 N–H and O–H groups in total. The first-order valence-electron chi connectivity index (χ1n) is 6.55. The summed E-state index contributed by atoms with van der Waals surface area (Å²) >= 11 is 0. The topological polar surface area (TPSA) is 83.3 Å². The van der Waals surface area contributed by atoms with Crippen LogP contribution in [0.1, 0.15) is 23.3 Å². The minimum Gasteiger partial charge on any atom is -0.481 e. The van der Waals surface area contributed by atoms with Crippen molar-refractivity contribution in [3.63, 3.8) is 0 Å². The van der Waals surface area contributed by atoms with Crippen LogP contribution in [-0.4, -0.2) is 21.8 Å². The molecule has 3 aromatic rings. The number of fused-ring (bicyclic) bond motifs is 1. The van der Waals surface area contributed by atoms with E-state index in [-0.39, 0.29) is 18.6 Å². The number of H-pyrrole nitrogens is 1. The number of carbonyl (C=O) groups excluding carboxylic acids is 1. The maximum absolute atomic E-state index is 11.9. The summed E-state index contributed by atoms with van der Waals surface area (Å²) in [4.78, 5) is 25.3. The molecule has 0 unspecified atom stereocenters. The van der Waals surface area contributed by atoms with E-state index in [2.05, 4.69) is 4.98 Å². The van der Waals surface area contributed by atoms with Crippen LogP contribution in [0.3, 0.4) is 0 Å². The van der Waals surface area contributed by atoms with E-state index in [1.54, 1.807) is 18.5 Å². The Morgan fingerprint density at radius 1 is 1.19 bits per heavy atom. The van der Waals surface area contributed by atoms with Crippen molar-refractivity contribution < 1.29 is 19.1 Å². The lowest BCUT2D eigenvalue weighted by Gasteiger charge is -1.94. The van der Waals surface area contributed by atoms with Crippen molar-refractivity contribution in [1.29, 1.82) is 0 Å². The lowest BCUT2D eigenvalue weighted by molar-refractivity contribution is -0.136. The number of ketones is 1. The smallest absolute Gasteiger partial charge is 0.303 e. The number of para-hydroxylation sites is 1. The Morgan fingerprint density at radius 2 is 2.00 bits per heavy atom. The minimum absolute atomic E-state index is 0.0125. The summed E-state index contributed by atoms with van der Waals surface area (Å²) in [6.45, 7) is 0. The average molecular weight is 283 g/mol. The molecule has 5 heteroatoms. The Labute approximate surface area is 120 Å². The number of aromatic amines is 1. The second kappa shape index (κ2) is 5.28. The average Bonchev–Trinajstić information content (AvgIpc) is 3.10. The molecule has 0 fully saturated rings. The van der Waals surface area contributed by atoms with Gasteiger partial charge in [-0.25, -0.2) is 0 Å². The second-order valence-corrected chi connectivity index (χ2v) is 4.76. The third-order valence-corrected chi connectivity index (χ3v) is 3.34. The molecule has 0 saturated carbocycles. The molecule has 0 bridgehead atoms. The van der Waals surface area contributed by atoms with Gasteiger partial charge in [-0.05, 0) is 12.1 Å². The van der Waals surface area contributed by atoms with Crippen molar-refractivity contribution in [3.05, 3.63) is 48.5 Å². The third-order valence-electron chi connectivity index (χ3n) is 3.34. The van der Waals surface area contributed by atoms with Crippen LogP contribution in [0.5, 0.6) is 0 Å². The van der Waals surface area contributed by atoms with Crippen molar-refractivity contribution in [3.8, 4) is 11.1 Å². The maximum Gasteiger partial charge on any atom is 0.303 e. The number of rotatable bonds is 5. The van der Waals surface area contributed by atoms with Crippen LogP contribution < -0.4 is 0 Å². The zero-order valence-corrected chi connectivity index (χ0v) is 11.1. The number of hydrogen-bond donors (Lipinski definition) is 2. The molecule has 0 amide bonds. The number of aliphatic carboxylic acids is 1. The fourth-order valence-corrected chi connectivity index (χ4v) is 2.27. The molecule has 0 saturated heterocycles. The van der Waals surface area contributed by atoms with Gasteiger partial charge < -0.3 is 14.5 Å². The molecule has 0 radical (unpaired) electrons. The molecule has 1 aromatic carbocycles. The van der Waals surface area contributed by atoms with Gasteiger partial charge in [0.25, 0.3) is 0 Å². The van der Waals surface area contributed by atoms with E-state index in [1.807, 2.05) is 24.3 Å². The largest absolute Gasteiger partial charge is 0.481 e. The van der Waals surface area contributed by atoms with Crippen LogP contribution in [0.2, 0.25) is 0 Å². The van der Waals surface area contributed by atoms with Gasteiger partial charge >= 0.3 is 5.97 Å². The Bertz CT molecular complexity index is 812. The molecule has 2 aromatic heterocycles. The normalized spacial score (nSPS) is 10.9. The number of furan rings is 1. The molecule has 106 valence electrons. The van der Waals surface area contributed by atoms with Crippen LogP contribution in [0.15, 0.2) is 47.2 Å². The lowest BCUT2D eigenvalue weighted by Crippen LogP contribution is -2.03. The third kappa shape index (κ3) is 2.58. The van der Waals surface area contributed by atoms with Gasteiger partial charge in [0.1, 0.15) is 5.58 Å². The van der Waals surface area contributed by atoms with E-state index in [4.69, 9.17) is 9.52 Å². The summed E-state index contributed by atoms with van der Waals surface area (Å²) in [5, 5.41) is 9.58. The first-order valence-corrected chi connectivity index (χ1v) is 6.55. The van der Waals surface area contributed by atoms with Gasteiger partial charge in [0.2, 0.25) is 0 Å². The van der Waals surface area contributed by atoms with Gasteiger partial charge in [0.05, 0.1) is 18.4 Å². The maximum atomic E-state index is 11.9. The Kier molecular flexibility index (Phi) is 3.31. The fraction of sp³-hybridized carbons (Fsp3) is 0.125. The molecule has 0 aliphatic heterocycles. The van der Waals surface area contributed by atoms with Gasteiger partial charge in [-0.15, -0.1) is 0 Å². The second-order valence-electron chi connectivity index (χ2n) is 4.76. The number of aromatic nitrogens is 1. The van der Waals surface area contributed by atoms with Gasteiger partial charge in [-0.2, -0.15) is 0 Å². The van der Waals surface area contributed by atoms with E-state index >= 15 is 0 Å². The quantitative estimate of drug-likeness (QED) is 0.702. The predicted molar refractivity (Wildman–Crippen MR) is 77.2 cm³/mol. The van der Waals surface area contributed by atoms with Crippen molar-refractivity contribution in [2.24, 2.45) is 0 Å². The van der Waals surface area contributed by atoms with Crippen molar-refractivity contribution >= 4 is 22.7 Å². The number of nitrogens with one attached hydrogen (secondary N) is 1. The van der Waals surface area contributed by atoms with E-state index in [1.165, 1.54) is 0 Å². The van der Waals surface area contributed by atoms with Crippen LogP contribution in [-0.2, 0) is 4.79 Å². The highest BCUT2D eigenvalue weighted by Gasteiger charge is 2.14. The fourth-order valence-electron chi connectivity index (χ4n) is 2.27. The summed E-state index contributed by atoms with van der Waals surface area (Å²) in [5.41, 5.74) is 2.95. The summed E-state index contributed by atoms with van der Waals surface area (Å²) in [5.74, 6) is -1.19. The first-order chi connectivity index (χ1) is 10.1. The van der Waals surface area contributed by atoms with Crippen LogP contribution in [0, 0.1) is 0 Å². The van der Waals surface area contributed by atoms with Crippen LogP contribution in [0.4, 0.5) is 0 Å². The molecule has 2 heterocycles. The molecule has 0 spiro atoms. The van der Waals surface area contributed by atoms with Crippen molar-refractivity contribution in [1.82, 2.24) is 4.98 Å². The zero-order valence-electron chi connectivity index (χ0n) is 11.1. The van der Waals surface area contributed by atoms with Crippen LogP contribution in [0.25, 0.3) is 22.1 Å². The zero-order chi connectivity index (χ0) is 14.8. The Balaban J connectivity index is 1.88.